The molecule has 1 amide bonds. The number of aromatic nitrogens is 1. The zero-order chi connectivity index (χ0) is 23.0. The predicted octanol–water partition coefficient (Wildman–Crippen LogP) is 3.39. The molecule has 0 saturated carbocycles. The summed E-state index contributed by atoms with van der Waals surface area (Å²) < 4.78 is 0. The van der Waals surface area contributed by atoms with Gasteiger partial charge < -0.3 is 21.4 Å². The van der Waals surface area contributed by atoms with Gasteiger partial charge in [-0.25, -0.2) is 0 Å². The third-order valence-electron chi connectivity index (χ3n) is 6.35. The number of nitrogens with two attached hydrogens (primary N) is 1. The van der Waals surface area contributed by atoms with E-state index in [1.165, 1.54) is 27.6 Å². The Morgan fingerprint density at radius 2 is 2.00 bits per heavy atom. The minimum atomic E-state index is -0.179. The van der Waals surface area contributed by atoms with Gasteiger partial charge in [0.2, 0.25) is 5.91 Å². The van der Waals surface area contributed by atoms with Gasteiger partial charge in [-0.2, -0.15) is 0 Å². The monoisotopic (exact) mass is 574 g/mol. The Bertz CT molecular complexity index is 1110. The van der Waals surface area contributed by atoms with Gasteiger partial charge in [0.25, 0.3) is 0 Å². The average molecular weight is 575 g/mol. The molecule has 0 radical (unpaired) electrons. The van der Waals surface area contributed by atoms with E-state index in [0.717, 1.165) is 51.4 Å². The van der Waals surface area contributed by atoms with Gasteiger partial charge in [0, 0.05) is 50.3 Å². The number of nitrogens with one attached hydrogen (secondary N) is 3. The number of primary amides is 1. The fourth-order valence-electron chi connectivity index (χ4n) is 4.59. The number of amides is 1. The molecule has 1 aliphatic rings. The molecule has 1 aromatic heterocycles. The van der Waals surface area contributed by atoms with Crippen LogP contribution in [-0.4, -0.2) is 48.4 Å². The van der Waals surface area contributed by atoms with E-state index in [1.807, 2.05) is 6.07 Å². The molecule has 1 unspecified atom stereocenters. The molecule has 1 aliphatic heterocycles. The van der Waals surface area contributed by atoms with Crippen molar-refractivity contribution in [3.63, 3.8) is 0 Å². The van der Waals surface area contributed by atoms with E-state index in [0.29, 0.717) is 6.54 Å². The summed E-state index contributed by atoms with van der Waals surface area (Å²) in [7, 11) is 1.79. The van der Waals surface area contributed by atoms with Crippen molar-refractivity contribution < 1.29 is 4.79 Å². The number of carbonyl (C=O) groups excluding carboxylic acids is 1. The van der Waals surface area contributed by atoms with Gasteiger partial charge in [-0.1, -0.05) is 42.5 Å². The first-order chi connectivity index (χ1) is 16.1. The number of carbonyl (C=O) groups is 1. The normalized spacial score (nSPS) is 16.7. The third kappa shape index (κ3) is 6.96. The van der Waals surface area contributed by atoms with Crippen LogP contribution >= 0.6 is 24.0 Å². The Kier molecular flexibility index (Phi) is 9.76. The lowest BCUT2D eigenvalue weighted by Gasteiger charge is -2.31. The van der Waals surface area contributed by atoms with Crippen LogP contribution in [0.2, 0.25) is 0 Å². The minimum Gasteiger partial charge on any atom is -0.369 e. The van der Waals surface area contributed by atoms with Crippen molar-refractivity contribution in [3.05, 3.63) is 71.4 Å². The lowest BCUT2D eigenvalue weighted by Crippen LogP contribution is -2.40. The summed E-state index contributed by atoms with van der Waals surface area (Å²) in [6.45, 7) is 4.11. The van der Waals surface area contributed by atoms with E-state index < -0.39 is 0 Å². The summed E-state index contributed by atoms with van der Waals surface area (Å²) in [4.78, 5) is 21.6. The summed E-state index contributed by atoms with van der Waals surface area (Å²) in [5, 5.41) is 8.10. The zero-order valence-corrected chi connectivity index (χ0v) is 22.0. The van der Waals surface area contributed by atoms with Gasteiger partial charge in [0.15, 0.2) is 5.96 Å². The molecule has 2 aromatic carbocycles. The lowest BCUT2D eigenvalue weighted by atomic mass is 9.97. The molecule has 5 N–H and O–H groups in total. The Morgan fingerprint density at radius 1 is 1.18 bits per heavy atom. The van der Waals surface area contributed by atoms with Gasteiger partial charge in [0.05, 0.1) is 5.92 Å². The maximum atomic E-state index is 11.6. The molecule has 0 spiro atoms. The summed E-state index contributed by atoms with van der Waals surface area (Å²) in [5.41, 5.74) is 10.5. The summed E-state index contributed by atoms with van der Waals surface area (Å²) in [5.74, 6) is 0.587. The van der Waals surface area contributed by atoms with Gasteiger partial charge in [-0.15, -0.1) is 24.0 Å². The maximum absolute atomic E-state index is 11.6. The molecular weight excluding hydrogens is 539 g/mol. The lowest BCUT2D eigenvalue weighted by molar-refractivity contribution is -0.123. The van der Waals surface area contributed by atoms with E-state index in [9.17, 15) is 4.79 Å². The molecule has 34 heavy (non-hydrogen) atoms. The van der Waals surface area contributed by atoms with Crippen LogP contribution in [0.25, 0.3) is 10.9 Å². The number of fused-ring (bicyclic) bond motifs is 1. The van der Waals surface area contributed by atoms with Gasteiger partial charge in [0.1, 0.15) is 0 Å². The number of aromatic amines is 1. The van der Waals surface area contributed by atoms with E-state index in [2.05, 4.69) is 74.2 Å². The molecule has 0 aliphatic carbocycles. The number of nitrogens with zero attached hydrogens (tertiary/aromatic N) is 2. The second-order valence-electron chi connectivity index (χ2n) is 8.76. The summed E-state index contributed by atoms with van der Waals surface area (Å²) in [6, 6.07) is 17.0. The van der Waals surface area contributed by atoms with Gasteiger partial charge in [-0.05, 0) is 48.6 Å². The van der Waals surface area contributed by atoms with Crippen molar-refractivity contribution in [2.75, 3.05) is 26.7 Å². The smallest absolute Gasteiger partial charge is 0.221 e. The number of benzene rings is 2. The molecule has 0 bridgehead atoms. The maximum Gasteiger partial charge on any atom is 0.221 e. The number of rotatable bonds is 8. The minimum absolute atomic E-state index is 0. The highest BCUT2D eigenvalue weighted by Crippen LogP contribution is 2.19. The largest absolute Gasteiger partial charge is 0.369 e. The van der Waals surface area contributed by atoms with Crippen molar-refractivity contribution in [1.82, 2.24) is 20.5 Å². The molecule has 1 saturated heterocycles. The van der Waals surface area contributed by atoms with E-state index in [1.54, 1.807) is 7.05 Å². The number of aliphatic imine (C=N–C) groups is 1. The first kappa shape index (κ1) is 26.0. The Morgan fingerprint density at radius 3 is 2.82 bits per heavy atom. The van der Waals surface area contributed by atoms with Gasteiger partial charge >= 0.3 is 0 Å². The number of piperidine rings is 1. The fourth-order valence-corrected chi connectivity index (χ4v) is 4.59. The number of para-hydroxylation sites is 1. The van der Waals surface area contributed by atoms with Crippen LogP contribution in [0.1, 0.15) is 29.5 Å². The average Bonchev–Trinajstić information content (AvgIpc) is 3.25. The van der Waals surface area contributed by atoms with Crippen LogP contribution in [0.4, 0.5) is 0 Å². The number of guanidine groups is 1. The molecule has 1 atom stereocenters. The number of hydrogen-bond acceptors (Lipinski definition) is 3. The van der Waals surface area contributed by atoms with Crippen LogP contribution in [0.15, 0.2) is 59.7 Å². The molecule has 182 valence electrons. The van der Waals surface area contributed by atoms with Crippen LogP contribution in [0, 0.1) is 5.92 Å². The number of H-pyrrole nitrogens is 1. The zero-order valence-electron chi connectivity index (χ0n) is 19.7. The fraction of sp³-hybridized carbons (Fsp3) is 0.385. The summed E-state index contributed by atoms with van der Waals surface area (Å²) in [6.07, 6.45) is 4.93. The second kappa shape index (κ2) is 12.8. The molecule has 8 heteroatoms. The highest BCUT2D eigenvalue weighted by molar-refractivity contribution is 14.0. The number of halogens is 1. The molecule has 2 heterocycles. The quantitative estimate of drug-likeness (QED) is 0.188. The van der Waals surface area contributed by atoms with E-state index >= 15 is 0 Å². The SMILES string of the molecule is CN=C(NCCc1c[nH]c2ccccc12)NCc1cccc(CN2CCCC(C(N)=O)C2)c1.I. The Labute approximate surface area is 218 Å². The Balaban J connectivity index is 0.00000324. The molecular formula is C26H35IN6O. The predicted molar refractivity (Wildman–Crippen MR) is 149 cm³/mol. The van der Waals surface area contributed by atoms with Crippen LogP contribution in [0.3, 0.4) is 0 Å². The van der Waals surface area contributed by atoms with Crippen molar-refractivity contribution in [2.24, 2.45) is 16.6 Å². The van der Waals surface area contributed by atoms with Crippen LogP contribution in [-0.2, 0) is 24.3 Å². The highest BCUT2D eigenvalue weighted by Gasteiger charge is 2.23. The Hall–Kier alpha value is -2.59. The van der Waals surface area contributed by atoms with Crippen LogP contribution in [0.5, 0.6) is 0 Å². The number of likely N-dealkylation sites (tertiary alicyclic amines) is 1. The number of hydrogen-bond donors (Lipinski definition) is 4. The molecule has 1 fully saturated rings. The van der Waals surface area contributed by atoms with Crippen molar-refractivity contribution >= 4 is 46.7 Å². The van der Waals surface area contributed by atoms with Crippen LogP contribution < -0.4 is 16.4 Å². The molecule has 7 nitrogen and oxygen atoms in total. The van der Waals surface area contributed by atoms with E-state index in [4.69, 9.17) is 5.73 Å². The second-order valence-corrected chi connectivity index (χ2v) is 8.76. The molecule has 3 aromatic rings. The highest BCUT2D eigenvalue weighted by atomic mass is 127. The first-order valence-electron chi connectivity index (χ1n) is 11.7. The standard InChI is InChI=1S/C26H34N6O.HI/c1-28-26(29-12-11-21-16-30-24-10-3-2-9-23(21)24)31-15-19-6-4-7-20(14-19)17-32-13-5-8-22(18-32)25(27)33;/h2-4,6-7,9-10,14,16,22,30H,5,8,11-13,15,17-18H2,1H3,(H2,27,33)(H2,28,29,31);1H. The van der Waals surface area contributed by atoms with Gasteiger partial charge in [-0.3, -0.25) is 14.7 Å². The first-order valence-corrected chi connectivity index (χ1v) is 11.7. The summed E-state index contributed by atoms with van der Waals surface area (Å²) >= 11 is 0. The van der Waals surface area contributed by atoms with E-state index in [-0.39, 0.29) is 35.8 Å². The van der Waals surface area contributed by atoms with Crippen molar-refractivity contribution in [1.29, 1.82) is 0 Å². The molecule has 4 rings (SSSR count). The third-order valence-corrected chi connectivity index (χ3v) is 6.35. The van der Waals surface area contributed by atoms with Crippen molar-refractivity contribution in [2.45, 2.75) is 32.4 Å². The topological polar surface area (TPSA) is 98.5 Å². The van der Waals surface area contributed by atoms with Crippen molar-refractivity contribution in [3.8, 4) is 0 Å².